The first-order valence-corrected chi connectivity index (χ1v) is 12.7. The molecule has 41 heavy (non-hydrogen) atoms. The maximum atomic E-state index is 14.9. The molecule has 0 bridgehead atoms. The van der Waals surface area contributed by atoms with Crippen LogP contribution in [0.2, 0.25) is 0 Å². The summed E-state index contributed by atoms with van der Waals surface area (Å²) >= 11 is 0. The first kappa shape index (κ1) is 25.9. The van der Waals surface area contributed by atoms with Crippen molar-refractivity contribution in [1.29, 1.82) is 0 Å². The van der Waals surface area contributed by atoms with Crippen LogP contribution in [0.4, 0.5) is 14.5 Å². The molecule has 1 aliphatic rings. The number of hydrogen-bond donors (Lipinski definition) is 1. The highest BCUT2D eigenvalue weighted by Crippen LogP contribution is 2.35. The van der Waals surface area contributed by atoms with Crippen LogP contribution in [-0.4, -0.2) is 38.5 Å². The smallest absolute Gasteiger partial charge is 0.251 e. The monoisotopic (exact) mass is 555 g/mol. The highest BCUT2D eigenvalue weighted by Gasteiger charge is 2.33. The number of ether oxygens (including phenoxy) is 2. The molecule has 9 nitrogen and oxygen atoms in total. The van der Waals surface area contributed by atoms with Crippen LogP contribution in [0.5, 0.6) is 11.5 Å². The maximum Gasteiger partial charge on any atom is 0.251 e. The fourth-order valence-electron chi connectivity index (χ4n) is 4.72. The molecule has 1 aromatic heterocycles. The highest BCUT2D eigenvalue weighted by atomic mass is 19.1. The summed E-state index contributed by atoms with van der Waals surface area (Å²) in [5.41, 5.74) is 1.96. The number of amides is 2. The predicted octanol–water partition coefficient (Wildman–Crippen LogP) is 4.85. The lowest BCUT2D eigenvalue weighted by Crippen LogP contribution is -2.42. The average molecular weight is 556 g/mol. The molecule has 0 unspecified atom stereocenters. The second-order valence-electron chi connectivity index (χ2n) is 9.36. The molecule has 0 radical (unpaired) electrons. The Morgan fingerprint density at radius 2 is 1.73 bits per heavy atom. The van der Waals surface area contributed by atoms with E-state index in [0.717, 1.165) is 0 Å². The zero-order valence-corrected chi connectivity index (χ0v) is 21.5. The SMILES string of the molecule is O=C(Nc1ccc2c(c1)OCO2)[C@H](c1cccc(F)c1)N(Cc1ccccc1F)C(=O)Cn1nnc2ccccc21. The lowest BCUT2D eigenvalue weighted by molar-refractivity contribution is -0.140. The van der Waals surface area contributed by atoms with Crippen molar-refractivity contribution >= 4 is 28.5 Å². The van der Waals surface area contributed by atoms with Gasteiger partial charge in [0.15, 0.2) is 11.5 Å². The Bertz CT molecular complexity index is 1760. The lowest BCUT2D eigenvalue weighted by Gasteiger charge is -2.32. The summed E-state index contributed by atoms with van der Waals surface area (Å²) in [6, 6.07) is 22.0. The van der Waals surface area contributed by atoms with Gasteiger partial charge >= 0.3 is 0 Å². The minimum absolute atomic E-state index is 0.0561. The largest absolute Gasteiger partial charge is 0.454 e. The van der Waals surface area contributed by atoms with Crippen molar-refractivity contribution in [2.75, 3.05) is 12.1 Å². The number of carbonyl (C=O) groups is 2. The van der Waals surface area contributed by atoms with E-state index in [0.29, 0.717) is 28.2 Å². The van der Waals surface area contributed by atoms with Gasteiger partial charge in [-0.3, -0.25) is 9.59 Å². The van der Waals surface area contributed by atoms with Gasteiger partial charge in [0.25, 0.3) is 5.91 Å². The number of halogens is 2. The minimum Gasteiger partial charge on any atom is -0.454 e. The molecule has 1 N–H and O–H groups in total. The fraction of sp³-hybridized carbons (Fsp3) is 0.133. The fourth-order valence-corrected chi connectivity index (χ4v) is 4.72. The Hall–Kier alpha value is -5.32. The van der Waals surface area contributed by atoms with Gasteiger partial charge in [-0.05, 0) is 48.0 Å². The molecule has 4 aromatic carbocycles. The summed E-state index contributed by atoms with van der Waals surface area (Å²) in [6.07, 6.45) is 0. The van der Waals surface area contributed by atoms with Crippen molar-refractivity contribution in [3.05, 3.63) is 114 Å². The third kappa shape index (κ3) is 5.42. The molecular weight excluding hydrogens is 532 g/mol. The van der Waals surface area contributed by atoms with Crippen LogP contribution >= 0.6 is 0 Å². The van der Waals surface area contributed by atoms with E-state index in [-0.39, 0.29) is 31.0 Å². The molecule has 0 spiro atoms. The van der Waals surface area contributed by atoms with E-state index in [9.17, 15) is 18.4 Å². The van der Waals surface area contributed by atoms with Crippen LogP contribution < -0.4 is 14.8 Å². The standard InChI is InChI=1S/C30H23F2N5O4/c31-21-8-5-7-19(14-21)29(30(39)33-22-12-13-26-27(15-22)41-18-40-26)36(16-20-6-1-2-9-23(20)32)28(38)17-37-25-11-4-3-10-24(25)34-35-37/h1-15,29H,16-18H2,(H,33,39)/t29-/m0/s1. The molecular formula is C30H23F2N5O4. The third-order valence-electron chi connectivity index (χ3n) is 6.69. The molecule has 6 rings (SSSR count). The number of carbonyl (C=O) groups excluding carboxylic acids is 2. The molecule has 5 aromatic rings. The second-order valence-corrected chi connectivity index (χ2v) is 9.36. The Morgan fingerprint density at radius 1 is 0.927 bits per heavy atom. The van der Waals surface area contributed by atoms with Crippen LogP contribution in [0.1, 0.15) is 17.2 Å². The normalized spacial score (nSPS) is 12.7. The molecule has 2 heterocycles. The molecule has 11 heteroatoms. The summed E-state index contributed by atoms with van der Waals surface area (Å²) in [4.78, 5) is 29.1. The lowest BCUT2D eigenvalue weighted by atomic mass is 10.0. The number of rotatable bonds is 8. The van der Waals surface area contributed by atoms with Gasteiger partial charge in [0.05, 0.1) is 5.52 Å². The summed E-state index contributed by atoms with van der Waals surface area (Å²) < 4.78 is 41.5. The Morgan fingerprint density at radius 3 is 2.59 bits per heavy atom. The Balaban J connectivity index is 1.40. The molecule has 0 saturated carbocycles. The number of nitrogens with one attached hydrogen (secondary N) is 1. The second kappa shape index (κ2) is 11.0. The number of hydrogen-bond acceptors (Lipinski definition) is 6. The van der Waals surface area contributed by atoms with Crippen molar-refractivity contribution in [2.45, 2.75) is 19.1 Å². The Labute approximate surface area is 232 Å². The number of anilines is 1. The van der Waals surface area contributed by atoms with Gasteiger partial charge in [-0.1, -0.05) is 47.7 Å². The number of benzene rings is 4. The van der Waals surface area contributed by atoms with E-state index in [1.807, 2.05) is 0 Å². The van der Waals surface area contributed by atoms with E-state index < -0.39 is 29.5 Å². The Kier molecular flexibility index (Phi) is 6.99. The van der Waals surface area contributed by atoms with Gasteiger partial charge in [-0.25, -0.2) is 13.5 Å². The van der Waals surface area contributed by atoms with Crippen LogP contribution in [0.3, 0.4) is 0 Å². The number of aromatic nitrogens is 3. The average Bonchev–Trinajstić information content (AvgIpc) is 3.60. The number of nitrogens with zero attached hydrogens (tertiary/aromatic N) is 4. The van der Waals surface area contributed by atoms with Gasteiger partial charge in [-0.2, -0.15) is 0 Å². The molecule has 1 atom stereocenters. The summed E-state index contributed by atoms with van der Waals surface area (Å²) in [5.74, 6) is -1.36. The van der Waals surface area contributed by atoms with E-state index >= 15 is 0 Å². The van der Waals surface area contributed by atoms with Crippen LogP contribution in [0.15, 0.2) is 91.0 Å². The number of para-hydroxylation sites is 1. The maximum absolute atomic E-state index is 14.9. The van der Waals surface area contributed by atoms with Gasteiger partial charge < -0.3 is 19.7 Å². The third-order valence-corrected chi connectivity index (χ3v) is 6.69. The summed E-state index contributed by atoms with van der Waals surface area (Å²) in [6.45, 7) is -0.507. The van der Waals surface area contributed by atoms with Crippen molar-refractivity contribution in [1.82, 2.24) is 19.9 Å². The van der Waals surface area contributed by atoms with Crippen LogP contribution in [-0.2, 0) is 22.7 Å². The van der Waals surface area contributed by atoms with E-state index in [4.69, 9.17) is 9.47 Å². The van der Waals surface area contributed by atoms with Crippen LogP contribution in [0.25, 0.3) is 11.0 Å². The van der Waals surface area contributed by atoms with Crippen molar-refractivity contribution in [3.63, 3.8) is 0 Å². The molecule has 0 aliphatic carbocycles. The summed E-state index contributed by atoms with van der Waals surface area (Å²) in [7, 11) is 0. The van der Waals surface area contributed by atoms with E-state index in [1.54, 1.807) is 54.6 Å². The van der Waals surface area contributed by atoms with Gasteiger partial charge in [0, 0.05) is 23.9 Å². The van der Waals surface area contributed by atoms with Crippen molar-refractivity contribution in [3.8, 4) is 11.5 Å². The van der Waals surface area contributed by atoms with E-state index in [1.165, 1.54) is 46.0 Å². The van der Waals surface area contributed by atoms with Crippen molar-refractivity contribution in [2.24, 2.45) is 0 Å². The first-order chi connectivity index (χ1) is 20.0. The highest BCUT2D eigenvalue weighted by molar-refractivity contribution is 5.98. The zero-order chi connectivity index (χ0) is 28.3. The van der Waals surface area contributed by atoms with Crippen LogP contribution in [0, 0.1) is 11.6 Å². The predicted molar refractivity (Wildman–Crippen MR) is 145 cm³/mol. The van der Waals surface area contributed by atoms with Gasteiger partial charge in [0.2, 0.25) is 12.7 Å². The zero-order valence-electron chi connectivity index (χ0n) is 21.5. The molecule has 0 fully saturated rings. The van der Waals surface area contributed by atoms with Crippen molar-refractivity contribution < 1.29 is 27.8 Å². The molecule has 206 valence electrons. The quantitative estimate of drug-likeness (QED) is 0.294. The van der Waals surface area contributed by atoms with Gasteiger partial charge in [0.1, 0.15) is 29.7 Å². The van der Waals surface area contributed by atoms with Gasteiger partial charge in [-0.15, -0.1) is 5.10 Å². The minimum atomic E-state index is -1.34. The first-order valence-electron chi connectivity index (χ1n) is 12.7. The molecule has 0 saturated heterocycles. The summed E-state index contributed by atoms with van der Waals surface area (Å²) in [5, 5.41) is 11.0. The topological polar surface area (TPSA) is 98.6 Å². The van der Waals surface area contributed by atoms with E-state index in [2.05, 4.69) is 15.6 Å². The number of fused-ring (bicyclic) bond motifs is 2. The molecule has 2 amide bonds. The molecule has 1 aliphatic heterocycles.